The van der Waals surface area contributed by atoms with Gasteiger partial charge in [-0.2, -0.15) is 5.10 Å². The number of H-pyrrole nitrogens is 1. The summed E-state index contributed by atoms with van der Waals surface area (Å²) < 4.78 is 1.76. The van der Waals surface area contributed by atoms with Gasteiger partial charge in [-0.1, -0.05) is 6.08 Å². The van der Waals surface area contributed by atoms with E-state index in [9.17, 15) is 0 Å². The standard InChI is InChI=1S/C5H8N4S/c1-2-3-4-7-8-5(10)9(4)6/h2H,1,3,6H2,(H,8,10). The zero-order valence-electron chi connectivity index (χ0n) is 5.37. The van der Waals surface area contributed by atoms with Crippen LogP contribution in [0, 0.1) is 4.77 Å². The Kier molecular flexibility index (Phi) is 1.86. The molecule has 1 heterocycles. The molecule has 0 aliphatic heterocycles. The van der Waals surface area contributed by atoms with Crippen molar-refractivity contribution in [3.05, 3.63) is 23.3 Å². The summed E-state index contributed by atoms with van der Waals surface area (Å²) in [5.41, 5.74) is 0. The summed E-state index contributed by atoms with van der Waals surface area (Å²) in [6, 6.07) is 0. The quantitative estimate of drug-likeness (QED) is 0.370. The lowest BCUT2D eigenvalue weighted by Crippen LogP contribution is -2.11. The molecule has 1 aromatic rings. The summed E-state index contributed by atoms with van der Waals surface area (Å²) in [4.78, 5) is 0. The first-order valence-corrected chi connectivity index (χ1v) is 3.19. The molecule has 0 aliphatic rings. The van der Waals surface area contributed by atoms with E-state index in [1.807, 2.05) is 0 Å². The first kappa shape index (κ1) is 7.01. The summed E-state index contributed by atoms with van der Waals surface area (Å²) >= 11 is 4.77. The molecule has 0 fully saturated rings. The zero-order chi connectivity index (χ0) is 7.56. The van der Waals surface area contributed by atoms with Gasteiger partial charge in [0.1, 0.15) is 0 Å². The Bertz CT molecular complexity index is 284. The van der Waals surface area contributed by atoms with Crippen molar-refractivity contribution in [2.45, 2.75) is 6.42 Å². The maximum absolute atomic E-state index is 5.46. The van der Waals surface area contributed by atoms with Crippen LogP contribution in [0.1, 0.15) is 5.82 Å². The van der Waals surface area contributed by atoms with Gasteiger partial charge in [0.25, 0.3) is 0 Å². The van der Waals surface area contributed by atoms with Crippen LogP contribution in [-0.2, 0) is 6.42 Å². The van der Waals surface area contributed by atoms with Crippen LogP contribution < -0.4 is 5.84 Å². The largest absolute Gasteiger partial charge is 0.335 e. The molecule has 1 rings (SSSR count). The van der Waals surface area contributed by atoms with Crippen LogP contribution in [-0.4, -0.2) is 14.9 Å². The average Bonchev–Trinajstić information content (AvgIpc) is 2.20. The van der Waals surface area contributed by atoms with Gasteiger partial charge in [0.2, 0.25) is 4.77 Å². The molecule has 0 amide bonds. The molecule has 10 heavy (non-hydrogen) atoms. The maximum Gasteiger partial charge on any atom is 0.214 e. The predicted molar refractivity (Wildman–Crippen MR) is 41.5 cm³/mol. The third-order valence-electron chi connectivity index (χ3n) is 1.10. The smallest absolute Gasteiger partial charge is 0.214 e. The molecule has 54 valence electrons. The molecule has 0 saturated heterocycles. The molecule has 0 atom stereocenters. The van der Waals surface area contributed by atoms with E-state index in [-0.39, 0.29) is 0 Å². The highest BCUT2D eigenvalue weighted by molar-refractivity contribution is 7.71. The van der Waals surface area contributed by atoms with Crippen molar-refractivity contribution in [3.63, 3.8) is 0 Å². The van der Waals surface area contributed by atoms with Crippen molar-refractivity contribution in [1.29, 1.82) is 0 Å². The number of hydrogen-bond donors (Lipinski definition) is 2. The van der Waals surface area contributed by atoms with Crippen molar-refractivity contribution < 1.29 is 0 Å². The van der Waals surface area contributed by atoms with Crippen LogP contribution in [0.4, 0.5) is 0 Å². The van der Waals surface area contributed by atoms with Crippen LogP contribution >= 0.6 is 12.2 Å². The lowest BCUT2D eigenvalue weighted by atomic mass is 10.4. The lowest BCUT2D eigenvalue weighted by Gasteiger charge is -1.92. The molecule has 0 aromatic carbocycles. The normalized spacial score (nSPS) is 9.60. The van der Waals surface area contributed by atoms with E-state index >= 15 is 0 Å². The van der Waals surface area contributed by atoms with E-state index in [4.69, 9.17) is 18.1 Å². The molecule has 5 heteroatoms. The second-order valence-electron chi connectivity index (χ2n) is 1.81. The van der Waals surface area contributed by atoms with Crippen LogP contribution in [0.2, 0.25) is 0 Å². The Morgan fingerprint density at radius 3 is 3.00 bits per heavy atom. The number of rotatable bonds is 2. The summed E-state index contributed by atoms with van der Waals surface area (Å²) in [5.74, 6) is 6.15. The minimum Gasteiger partial charge on any atom is -0.335 e. The van der Waals surface area contributed by atoms with Crippen LogP contribution in [0.15, 0.2) is 12.7 Å². The van der Waals surface area contributed by atoms with E-state index < -0.39 is 0 Å². The first-order chi connectivity index (χ1) is 4.75. The summed E-state index contributed by atoms with van der Waals surface area (Å²) in [6.07, 6.45) is 2.35. The molecule has 0 radical (unpaired) electrons. The van der Waals surface area contributed by atoms with Crippen molar-refractivity contribution in [2.24, 2.45) is 0 Å². The minimum atomic E-state index is 0.428. The first-order valence-electron chi connectivity index (χ1n) is 2.78. The van der Waals surface area contributed by atoms with Gasteiger partial charge in [0.05, 0.1) is 0 Å². The summed E-state index contributed by atoms with van der Waals surface area (Å²) in [6.45, 7) is 3.55. The third-order valence-corrected chi connectivity index (χ3v) is 1.39. The van der Waals surface area contributed by atoms with E-state index in [1.54, 1.807) is 6.08 Å². The highest BCUT2D eigenvalue weighted by atomic mass is 32.1. The molecule has 3 N–H and O–H groups in total. The fourth-order valence-corrected chi connectivity index (χ4v) is 0.761. The molecular weight excluding hydrogens is 148 g/mol. The van der Waals surface area contributed by atoms with Gasteiger partial charge in [-0.3, -0.25) is 5.10 Å². The molecular formula is C5H8N4S. The molecule has 0 unspecified atom stereocenters. The van der Waals surface area contributed by atoms with Gasteiger partial charge < -0.3 is 5.84 Å². The van der Waals surface area contributed by atoms with Crippen LogP contribution in [0.5, 0.6) is 0 Å². The molecule has 0 spiro atoms. The number of nitrogens with one attached hydrogen (secondary N) is 1. The van der Waals surface area contributed by atoms with E-state index in [0.29, 0.717) is 17.0 Å². The topological polar surface area (TPSA) is 59.6 Å². The Morgan fingerprint density at radius 1 is 1.90 bits per heavy atom. The predicted octanol–water partition coefficient (Wildman–Crippen LogP) is 0.383. The minimum absolute atomic E-state index is 0.428. The molecule has 0 bridgehead atoms. The number of nitrogens with two attached hydrogens (primary N) is 1. The highest BCUT2D eigenvalue weighted by Crippen LogP contribution is 1.92. The maximum atomic E-state index is 5.46. The van der Waals surface area contributed by atoms with E-state index in [2.05, 4.69) is 16.8 Å². The zero-order valence-corrected chi connectivity index (χ0v) is 6.19. The van der Waals surface area contributed by atoms with Crippen molar-refractivity contribution in [1.82, 2.24) is 14.9 Å². The van der Waals surface area contributed by atoms with Gasteiger partial charge >= 0.3 is 0 Å². The number of hydrogen-bond acceptors (Lipinski definition) is 3. The molecule has 0 saturated carbocycles. The number of aromatic amines is 1. The summed E-state index contributed by atoms with van der Waals surface area (Å²) in [5, 5.41) is 6.42. The molecule has 1 aromatic heterocycles. The number of nitrogens with zero attached hydrogens (tertiary/aromatic N) is 2. The number of aromatic nitrogens is 3. The lowest BCUT2D eigenvalue weighted by molar-refractivity contribution is 0.880. The van der Waals surface area contributed by atoms with Gasteiger partial charge in [-0.05, 0) is 12.2 Å². The Balaban J connectivity index is 3.05. The second-order valence-corrected chi connectivity index (χ2v) is 2.19. The monoisotopic (exact) mass is 156 g/mol. The molecule has 0 aliphatic carbocycles. The Morgan fingerprint density at radius 2 is 2.60 bits per heavy atom. The summed E-state index contributed by atoms with van der Waals surface area (Å²) in [7, 11) is 0. The van der Waals surface area contributed by atoms with Gasteiger partial charge in [0.15, 0.2) is 5.82 Å². The van der Waals surface area contributed by atoms with Gasteiger partial charge in [-0.25, -0.2) is 4.68 Å². The second kappa shape index (κ2) is 2.66. The Labute approximate surface area is 63.3 Å². The average molecular weight is 156 g/mol. The van der Waals surface area contributed by atoms with Crippen LogP contribution in [0.3, 0.4) is 0 Å². The number of nitrogen functional groups attached to an aromatic ring is 1. The number of allylic oxidation sites excluding steroid dienone is 1. The molecule has 4 nitrogen and oxygen atoms in total. The van der Waals surface area contributed by atoms with E-state index in [0.717, 1.165) is 0 Å². The third kappa shape index (κ3) is 1.08. The Hall–Kier alpha value is -1.10. The van der Waals surface area contributed by atoms with Gasteiger partial charge in [0, 0.05) is 6.42 Å². The fourth-order valence-electron chi connectivity index (χ4n) is 0.610. The SMILES string of the molecule is C=CCc1n[nH]c(=S)n1N. The van der Waals surface area contributed by atoms with E-state index in [1.165, 1.54) is 4.68 Å². The van der Waals surface area contributed by atoms with Crippen molar-refractivity contribution in [3.8, 4) is 0 Å². The van der Waals surface area contributed by atoms with Gasteiger partial charge in [-0.15, -0.1) is 6.58 Å². The van der Waals surface area contributed by atoms with Crippen molar-refractivity contribution >= 4 is 12.2 Å². The van der Waals surface area contributed by atoms with Crippen molar-refractivity contribution in [2.75, 3.05) is 5.84 Å². The van der Waals surface area contributed by atoms with Crippen LogP contribution in [0.25, 0.3) is 0 Å². The highest BCUT2D eigenvalue weighted by Gasteiger charge is 1.97. The fraction of sp³-hybridized carbons (Fsp3) is 0.200.